The molecule has 0 bridgehead atoms. The molecule has 3 rings (SSSR count). The Morgan fingerprint density at radius 2 is 2.24 bits per heavy atom. The van der Waals surface area contributed by atoms with Crippen LogP contribution in [0.3, 0.4) is 0 Å². The van der Waals surface area contributed by atoms with Crippen LogP contribution < -0.4 is 5.32 Å². The van der Waals surface area contributed by atoms with Gasteiger partial charge in [-0.25, -0.2) is 9.37 Å². The van der Waals surface area contributed by atoms with E-state index in [9.17, 15) is 14.0 Å². The van der Waals surface area contributed by atoms with Gasteiger partial charge in [-0.3, -0.25) is 14.2 Å². The van der Waals surface area contributed by atoms with Gasteiger partial charge in [0.05, 0.1) is 18.0 Å². The Labute approximate surface area is 149 Å². The maximum Gasteiger partial charge on any atom is 0.239 e. The lowest BCUT2D eigenvalue weighted by molar-refractivity contribution is -0.132. The molecular weight excluding hydrogens is 343 g/mol. The third kappa shape index (κ3) is 4.82. The second-order valence-corrected chi connectivity index (χ2v) is 6.88. The number of hydrogen-bond donors (Lipinski definition) is 1. The number of likely N-dealkylation sites (N-methyl/N-ethyl adjacent to an activating group) is 1. The molecule has 1 aromatic carbocycles. The van der Waals surface area contributed by atoms with E-state index >= 15 is 0 Å². The molecule has 2 aromatic rings. The van der Waals surface area contributed by atoms with Gasteiger partial charge in [0, 0.05) is 25.5 Å². The molecule has 0 atom stereocenters. The third-order valence-electron chi connectivity index (χ3n) is 3.77. The lowest BCUT2D eigenvalue weighted by Gasteiger charge is -2.16. The van der Waals surface area contributed by atoms with Gasteiger partial charge in [-0.05, 0) is 31.0 Å². The SMILES string of the molecule is CN(CC(=O)NC1CC1)C(=O)CSc1nccn1-c1cccc(F)c1. The first kappa shape index (κ1) is 17.5. The topological polar surface area (TPSA) is 67.2 Å². The zero-order chi connectivity index (χ0) is 17.8. The van der Waals surface area contributed by atoms with E-state index in [0.29, 0.717) is 10.8 Å². The maximum atomic E-state index is 13.4. The van der Waals surface area contributed by atoms with Crippen LogP contribution in [0.1, 0.15) is 12.8 Å². The minimum atomic E-state index is -0.334. The van der Waals surface area contributed by atoms with Gasteiger partial charge in [0.25, 0.3) is 0 Å². The van der Waals surface area contributed by atoms with Crippen LogP contribution in [0.5, 0.6) is 0 Å². The first-order valence-electron chi connectivity index (χ1n) is 7.98. The number of benzene rings is 1. The highest BCUT2D eigenvalue weighted by molar-refractivity contribution is 7.99. The van der Waals surface area contributed by atoms with Gasteiger partial charge in [-0.2, -0.15) is 0 Å². The van der Waals surface area contributed by atoms with Gasteiger partial charge < -0.3 is 10.2 Å². The highest BCUT2D eigenvalue weighted by Crippen LogP contribution is 2.21. The van der Waals surface area contributed by atoms with E-state index in [1.807, 2.05) is 0 Å². The second kappa shape index (κ2) is 7.69. The summed E-state index contributed by atoms with van der Waals surface area (Å²) in [5.41, 5.74) is 0.643. The Morgan fingerprint density at radius 1 is 1.44 bits per heavy atom. The van der Waals surface area contributed by atoms with Crippen molar-refractivity contribution < 1.29 is 14.0 Å². The molecule has 1 heterocycles. The standard InChI is InChI=1S/C17H19FN4O2S/c1-21(10-15(23)20-13-5-6-13)16(24)11-25-17-19-7-8-22(17)14-4-2-3-12(18)9-14/h2-4,7-9,13H,5-6,10-11H2,1H3,(H,20,23). The summed E-state index contributed by atoms with van der Waals surface area (Å²) in [4.78, 5) is 29.6. The van der Waals surface area contributed by atoms with Gasteiger partial charge in [0.2, 0.25) is 11.8 Å². The van der Waals surface area contributed by atoms with Gasteiger partial charge in [0.1, 0.15) is 5.82 Å². The third-order valence-corrected chi connectivity index (χ3v) is 4.72. The molecule has 0 radical (unpaired) electrons. The van der Waals surface area contributed by atoms with E-state index in [2.05, 4.69) is 10.3 Å². The number of nitrogens with zero attached hydrogens (tertiary/aromatic N) is 3. The smallest absolute Gasteiger partial charge is 0.239 e. The average molecular weight is 362 g/mol. The van der Waals surface area contributed by atoms with Crippen molar-refractivity contribution in [2.24, 2.45) is 0 Å². The molecule has 1 saturated carbocycles. The number of nitrogens with one attached hydrogen (secondary N) is 1. The fourth-order valence-electron chi connectivity index (χ4n) is 2.26. The Kier molecular flexibility index (Phi) is 5.37. The summed E-state index contributed by atoms with van der Waals surface area (Å²) in [5.74, 6) is -0.478. The number of hydrogen-bond acceptors (Lipinski definition) is 4. The lowest BCUT2D eigenvalue weighted by atomic mass is 10.3. The minimum absolute atomic E-state index is 0.0498. The van der Waals surface area contributed by atoms with Crippen molar-refractivity contribution in [1.82, 2.24) is 19.8 Å². The van der Waals surface area contributed by atoms with E-state index in [1.54, 1.807) is 36.1 Å². The Balaban J connectivity index is 1.55. The molecule has 1 aromatic heterocycles. The van der Waals surface area contributed by atoms with Crippen LogP contribution in [0.2, 0.25) is 0 Å². The number of imidazole rings is 1. The van der Waals surface area contributed by atoms with Gasteiger partial charge in [0.15, 0.2) is 5.16 Å². The monoisotopic (exact) mass is 362 g/mol. The van der Waals surface area contributed by atoms with Crippen molar-refractivity contribution in [3.05, 3.63) is 42.5 Å². The number of halogens is 1. The zero-order valence-corrected chi connectivity index (χ0v) is 14.6. The molecule has 1 fully saturated rings. The van der Waals surface area contributed by atoms with Crippen molar-refractivity contribution >= 4 is 23.6 Å². The molecular formula is C17H19FN4O2S. The Morgan fingerprint density at radius 3 is 2.96 bits per heavy atom. The second-order valence-electron chi connectivity index (χ2n) is 5.94. The van der Waals surface area contributed by atoms with Crippen molar-refractivity contribution in [1.29, 1.82) is 0 Å². The number of carbonyl (C=O) groups excluding carboxylic acids is 2. The molecule has 2 amide bonds. The molecule has 0 aliphatic heterocycles. The van der Waals surface area contributed by atoms with Crippen LogP contribution in [0, 0.1) is 5.82 Å². The van der Waals surface area contributed by atoms with Crippen LogP contribution in [0.15, 0.2) is 41.8 Å². The van der Waals surface area contributed by atoms with E-state index in [1.165, 1.54) is 28.8 Å². The maximum absolute atomic E-state index is 13.4. The zero-order valence-electron chi connectivity index (χ0n) is 13.8. The van der Waals surface area contributed by atoms with E-state index in [0.717, 1.165) is 12.8 Å². The van der Waals surface area contributed by atoms with Crippen LogP contribution in [-0.4, -0.2) is 51.7 Å². The summed E-state index contributed by atoms with van der Waals surface area (Å²) in [5, 5.41) is 3.45. The summed E-state index contributed by atoms with van der Waals surface area (Å²) in [7, 11) is 1.61. The van der Waals surface area contributed by atoms with Gasteiger partial charge in [-0.15, -0.1) is 0 Å². The molecule has 8 heteroatoms. The summed E-state index contributed by atoms with van der Waals surface area (Å²) < 4.78 is 15.1. The average Bonchev–Trinajstić information content (AvgIpc) is 3.25. The molecule has 0 saturated heterocycles. The fourth-order valence-corrected chi connectivity index (χ4v) is 3.17. The number of amides is 2. The Hall–Kier alpha value is -2.35. The first-order chi connectivity index (χ1) is 12.0. The number of thioether (sulfide) groups is 1. The lowest BCUT2D eigenvalue weighted by Crippen LogP contribution is -2.39. The van der Waals surface area contributed by atoms with Crippen LogP contribution in [0.4, 0.5) is 4.39 Å². The summed E-state index contributed by atoms with van der Waals surface area (Å²) in [6.07, 6.45) is 5.35. The van der Waals surface area contributed by atoms with Gasteiger partial charge >= 0.3 is 0 Å². The fraction of sp³-hybridized carbons (Fsp3) is 0.353. The molecule has 0 spiro atoms. The predicted molar refractivity (Wildman–Crippen MR) is 93.0 cm³/mol. The Bertz CT molecular complexity index is 776. The predicted octanol–water partition coefficient (Wildman–Crippen LogP) is 1.84. The van der Waals surface area contributed by atoms with E-state index < -0.39 is 0 Å². The van der Waals surface area contributed by atoms with E-state index in [-0.39, 0.29) is 36.0 Å². The molecule has 132 valence electrons. The minimum Gasteiger partial charge on any atom is -0.352 e. The number of carbonyl (C=O) groups is 2. The molecule has 0 unspecified atom stereocenters. The molecule has 6 nitrogen and oxygen atoms in total. The quantitative estimate of drug-likeness (QED) is 0.764. The number of rotatable bonds is 7. The van der Waals surface area contributed by atoms with Crippen molar-refractivity contribution in [2.45, 2.75) is 24.0 Å². The van der Waals surface area contributed by atoms with Crippen LogP contribution in [0.25, 0.3) is 5.69 Å². The highest BCUT2D eigenvalue weighted by Gasteiger charge is 2.24. The van der Waals surface area contributed by atoms with Crippen LogP contribution in [-0.2, 0) is 9.59 Å². The first-order valence-corrected chi connectivity index (χ1v) is 8.97. The van der Waals surface area contributed by atoms with Crippen molar-refractivity contribution in [3.63, 3.8) is 0 Å². The molecule has 1 aliphatic carbocycles. The molecule has 25 heavy (non-hydrogen) atoms. The summed E-state index contributed by atoms with van der Waals surface area (Å²) in [6, 6.07) is 6.45. The number of aromatic nitrogens is 2. The van der Waals surface area contributed by atoms with E-state index in [4.69, 9.17) is 0 Å². The summed E-state index contributed by atoms with van der Waals surface area (Å²) >= 11 is 1.25. The highest BCUT2D eigenvalue weighted by atomic mass is 32.2. The van der Waals surface area contributed by atoms with Gasteiger partial charge in [-0.1, -0.05) is 17.8 Å². The molecule has 1 N–H and O–H groups in total. The molecule has 1 aliphatic rings. The van der Waals surface area contributed by atoms with Crippen LogP contribution >= 0.6 is 11.8 Å². The summed E-state index contributed by atoms with van der Waals surface area (Å²) in [6.45, 7) is 0.0498. The van der Waals surface area contributed by atoms with Crippen molar-refractivity contribution in [3.8, 4) is 5.69 Å². The van der Waals surface area contributed by atoms with Crippen molar-refractivity contribution in [2.75, 3.05) is 19.3 Å². The largest absolute Gasteiger partial charge is 0.352 e. The normalized spacial score (nSPS) is 13.5.